The Morgan fingerprint density at radius 2 is 2.00 bits per heavy atom. The van der Waals surface area contributed by atoms with Crippen LogP contribution in [0.2, 0.25) is 0 Å². The molecular weight excluding hydrogens is 235 g/mol. The van der Waals surface area contributed by atoms with Gasteiger partial charge in [-0.15, -0.1) is 11.3 Å². The average Bonchev–Trinajstić information content (AvgIpc) is 2.51. The molecule has 0 bridgehead atoms. The standard InChI is InChI=1S/C13H13FN2S/c1-13(2,3)11-8(14)4-5-9-10(11)7(6-15)12(16)17-9/h4-5H,16H2,1-3H3. The summed E-state index contributed by atoms with van der Waals surface area (Å²) in [5.74, 6) is -0.278. The third kappa shape index (κ3) is 1.77. The fraction of sp³-hybridized carbons (Fsp3) is 0.308. The van der Waals surface area contributed by atoms with Gasteiger partial charge in [-0.1, -0.05) is 20.8 Å². The second kappa shape index (κ2) is 3.71. The molecule has 0 radical (unpaired) electrons. The highest BCUT2D eigenvalue weighted by molar-refractivity contribution is 7.23. The van der Waals surface area contributed by atoms with E-state index in [0.29, 0.717) is 21.5 Å². The second-order valence-corrected chi connectivity index (χ2v) is 6.08. The highest BCUT2D eigenvalue weighted by Crippen LogP contribution is 2.40. The maximum atomic E-state index is 14.0. The Labute approximate surface area is 103 Å². The van der Waals surface area contributed by atoms with Crippen LogP contribution in [-0.4, -0.2) is 0 Å². The van der Waals surface area contributed by atoms with Gasteiger partial charge < -0.3 is 5.73 Å². The molecule has 0 aliphatic rings. The first-order chi connectivity index (χ1) is 7.86. The molecule has 0 fully saturated rings. The Hall–Kier alpha value is -1.60. The molecule has 2 N–H and O–H groups in total. The number of halogens is 1. The molecule has 4 heteroatoms. The van der Waals surface area contributed by atoms with Crippen LogP contribution < -0.4 is 5.73 Å². The zero-order valence-corrected chi connectivity index (χ0v) is 10.8. The fourth-order valence-electron chi connectivity index (χ4n) is 2.03. The Balaban J connectivity index is 3.00. The van der Waals surface area contributed by atoms with Crippen LogP contribution in [0.15, 0.2) is 12.1 Å². The molecule has 0 spiro atoms. The van der Waals surface area contributed by atoms with Gasteiger partial charge in [0.15, 0.2) is 0 Å². The second-order valence-electron chi connectivity index (χ2n) is 5.00. The third-order valence-electron chi connectivity index (χ3n) is 2.69. The fourth-order valence-corrected chi connectivity index (χ4v) is 2.96. The molecule has 17 heavy (non-hydrogen) atoms. The van der Waals surface area contributed by atoms with E-state index in [-0.39, 0.29) is 11.2 Å². The number of fused-ring (bicyclic) bond motifs is 1. The number of nitriles is 1. The number of rotatable bonds is 0. The lowest BCUT2D eigenvalue weighted by atomic mass is 9.83. The molecule has 88 valence electrons. The average molecular weight is 248 g/mol. The molecule has 0 atom stereocenters. The van der Waals surface area contributed by atoms with Gasteiger partial charge in [0.1, 0.15) is 16.9 Å². The van der Waals surface area contributed by atoms with E-state index in [1.54, 1.807) is 6.07 Å². The van der Waals surface area contributed by atoms with Crippen LogP contribution in [0.3, 0.4) is 0 Å². The Kier molecular flexibility index (Phi) is 2.59. The van der Waals surface area contributed by atoms with Crippen LogP contribution in [-0.2, 0) is 5.41 Å². The van der Waals surface area contributed by atoms with E-state index in [0.717, 1.165) is 4.70 Å². The van der Waals surface area contributed by atoms with Gasteiger partial charge in [-0.3, -0.25) is 0 Å². The van der Waals surface area contributed by atoms with Crippen LogP contribution in [0.4, 0.5) is 9.39 Å². The minimum atomic E-state index is -0.358. The minimum absolute atomic E-state index is 0.278. The van der Waals surface area contributed by atoms with Crippen molar-refractivity contribution in [3.05, 3.63) is 29.1 Å². The maximum Gasteiger partial charge on any atom is 0.127 e. The predicted octanol–water partition coefficient (Wildman–Crippen LogP) is 3.79. The molecule has 0 amide bonds. The van der Waals surface area contributed by atoms with Gasteiger partial charge in [0, 0.05) is 15.6 Å². The van der Waals surface area contributed by atoms with E-state index in [9.17, 15) is 4.39 Å². The Morgan fingerprint density at radius 1 is 1.35 bits per heavy atom. The predicted molar refractivity (Wildman–Crippen MR) is 69.6 cm³/mol. The number of hydrogen-bond acceptors (Lipinski definition) is 3. The van der Waals surface area contributed by atoms with Gasteiger partial charge in [0.05, 0.1) is 5.56 Å². The zero-order chi connectivity index (χ0) is 12.8. The van der Waals surface area contributed by atoms with Gasteiger partial charge in [0.2, 0.25) is 0 Å². The number of anilines is 1. The number of nitrogen functional groups attached to an aromatic ring is 1. The SMILES string of the molecule is CC(C)(C)c1c(F)ccc2sc(N)c(C#N)c12. The lowest BCUT2D eigenvalue weighted by Crippen LogP contribution is -2.14. The van der Waals surface area contributed by atoms with Crippen molar-refractivity contribution in [3.63, 3.8) is 0 Å². The van der Waals surface area contributed by atoms with Crippen molar-refractivity contribution in [2.75, 3.05) is 5.73 Å². The van der Waals surface area contributed by atoms with Gasteiger partial charge in [-0.25, -0.2) is 4.39 Å². The molecule has 2 nitrogen and oxygen atoms in total. The third-order valence-corrected chi connectivity index (χ3v) is 3.68. The first-order valence-electron chi connectivity index (χ1n) is 5.27. The van der Waals surface area contributed by atoms with Crippen LogP contribution in [0, 0.1) is 17.1 Å². The number of thiophene rings is 1. The Morgan fingerprint density at radius 3 is 2.53 bits per heavy atom. The smallest absolute Gasteiger partial charge is 0.127 e. The monoisotopic (exact) mass is 248 g/mol. The van der Waals surface area contributed by atoms with E-state index < -0.39 is 0 Å². The van der Waals surface area contributed by atoms with Gasteiger partial charge in [0.25, 0.3) is 0 Å². The van der Waals surface area contributed by atoms with Crippen molar-refractivity contribution in [1.82, 2.24) is 0 Å². The summed E-state index contributed by atoms with van der Waals surface area (Å²) in [4.78, 5) is 0. The molecule has 0 saturated heterocycles. The first kappa shape index (κ1) is 11.9. The minimum Gasteiger partial charge on any atom is -0.389 e. The summed E-state index contributed by atoms with van der Waals surface area (Å²) in [5.41, 5.74) is 6.41. The molecule has 1 aromatic carbocycles. The van der Waals surface area contributed by atoms with E-state index in [1.807, 2.05) is 20.8 Å². The number of nitrogens with two attached hydrogens (primary N) is 1. The van der Waals surface area contributed by atoms with Gasteiger partial charge in [-0.05, 0) is 17.5 Å². The van der Waals surface area contributed by atoms with Crippen molar-refractivity contribution >= 4 is 26.4 Å². The van der Waals surface area contributed by atoms with Crippen molar-refractivity contribution in [2.24, 2.45) is 0 Å². The quantitative estimate of drug-likeness (QED) is 0.771. The van der Waals surface area contributed by atoms with E-state index in [4.69, 9.17) is 11.0 Å². The maximum absolute atomic E-state index is 14.0. The lowest BCUT2D eigenvalue weighted by Gasteiger charge is -2.21. The largest absolute Gasteiger partial charge is 0.389 e. The molecule has 0 aliphatic carbocycles. The summed E-state index contributed by atoms with van der Waals surface area (Å²) in [6.45, 7) is 5.79. The first-order valence-corrected chi connectivity index (χ1v) is 6.09. The summed E-state index contributed by atoms with van der Waals surface area (Å²) in [5, 5.41) is 10.3. The van der Waals surface area contributed by atoms with E-state index in [2.05, 4.69) is 6.07 Å². The van der Waals surface area contributed by atoms with Crippen LogP contribution in [0.25, 0.3) is 10.1 Å². The highest BCUT2D eigenvalue weighted by Gasteiger charge is 2.25. The zero-order valence-electron chi connectivity index (χ0n) is 9.97. The Bertz CT molecular complexity index is 629. The molecule has 0 saturated carbocycles. The molecule has 1 heterocycles. The van der Waals surface area contributed by atoms with Gasteiger partial charge in [-0.2, -0.15) is 5.26 Å². The molecular formula is C13H13FN2S. The molecule has 0 aliphatic heterocycles. The van der Waals surface area contributed by atoms with Crippen molar-refractivity contribution in [1.29, 1.82) is 5.26 Å². The highest BCUT2D eigenvalue weighted by atomic mass is 32.1. The number of benzene rings is 1. The topological polar surface area (TPSA) is 49.8 Å². The molecule has 1 aromatic heterocycles. The molecule has 0 unspecified atom stereocenters. The summed E-state index contributed by atoms with van der Waals surface area (Å²) in [6.07, 6.45) is 0. The summed E-state index contributed by atoms with van der Waals surface area (Å²) in [7, 11) is 0. The van der Waals surface area contributed by atoms with E-state index in [1.165, 1.54) is 17.4 Å². The normalized spacial score (nSPS) is 11.7. The number of nitrogens with zero attached hydrogens (tertiary/aromatic N) is 1. The summed E-state index contributed by atoms with van der Waals surface area (Å²) in [6, 6.07) is 5.20. The summed E-state index contributed by atoms with van der Waals surface area (Å²) >= 11 is 1.33. The van der Waals surface area contributed by atoms with Crippen molar-refractivity contribution in [3.8, 4) is 6.07 Å². The lowest BCUT2D eigenvalue weighted by molar-refractivity contribution is 0.529. The summed E-state index contributed by atoms with van der Waals surface area (Å²) < 4.78 is 14.9. The van der Waals surface area contributed by atoms with Gasteiger partial charge >= 0.3 is 0 Å². The molecule has 2 rings (SSSR count). The van der Waals surface area contributed by atoms with Crippen LogP contribution in [0.1, 0.15) is 31.9 Å². The van der Waals surface area contributed by atoms with Crippen molar-refractivity contribution < 1.29 is 4.39 Å². The number of hydrogen-bond donors (Lipinski definition) is 1. The van der Waals surface area contributed by atoms with Crippen molar-refractivity contribution in [2.45, 2.75) is 26.2 Å². The van der Waals surface area contributed by atoms with Crippen LogP contribution in [0.5, 0.6) is 0 Å². The van der Waals surface area contributed by atoms with Crippen LogP contribution >= 0.6 is 11.3 Å². The van der Waals surface area contributed by atoms with E-state index >= 15 is 0 Å². The molecule has 2 aromatic rings.